The van der Waals surface area contributed by atoms with Gasteiger partial charge in [0.05, 0.1) is 23.4 Å². The van der Waals surface area contributed by atoms with E-state index in [1.54, 1.807) is 23.6 Å². The molecule has 1 aromatic carbocycles. The van der Waals surface area contributed by atoms with Gasteiger partial charge >= 0.3 is 4.87 Å². The molecule has 1 aliphatic heterocycles. The molecule has 0 N–H and O–H groups in total. The van der Waals surface area contributed by atoms with Gasteiger partial charge in [-0.2, -0.15) is 0 Å². The fraction of sp³-hybridized carbons (Fsp3) is 0.545. The highest BCUT2D eigenvalue weighted by atomic mass is 32.1. The molecule has 5 rings (SSSR count). The molecule has 0 spiro atoms. The molecule has 3 aliphatic rings. The molecule has 0 amide bonds. The van der Waals surface area contributed by atoms with Gasteiger partial charge in [-0.25, -0.2) is 0 Å². The molecule has 1 aromatic heterocycles. The van der Waals surface area contributed by atoms with Crippen molar-refractivity contribution in [1.29, 1.82) is 0 Å². The summed E-state index contributed by atoms with van der Waals surface area (Å²) in [6.45, 7) is 3.29. The predicted octanol–water partition coefficient (Wildman–Crippen LogP) is 2.50. The van der Waals surface area contributed by atoms with Crippen LogP contribution in [0, 0.1) is 24.7 Å². The average molecular weight is 429 g/mol. The molecule has 2 unspecified atom stereocenters. The molecule has 2 aromatic rings. The lowest BCUT2D eigenvalue weighted by Crippen LogP contribution is -2.41. The van der Waals surface area contributed by atoms with Gasteiger partial charge in [-0.05, 0) is 43.9 Å². The second-order valence-electron chi connectivity index (χ2n) is 8.37. The Morgan fingerprint density at radius 2 is 1.77 bits per heavy atom. The quantitative estimate of drug-likeness (QED) is 0.536. The molecule has 30 heavy (non-hydrogen) atoms. The minimum Gasteiger partial charge on any atom is -0.350 e. The number of hydrogen-bond donors (Lipinski definition) is 0. The van der Waals surface area contributed by atoms with Gasteiger partial charge in [0.25, 0.3) is 0 Å². The van der Waals surface area contributed by atoms with E-state index >= 15 is 0 Å². The number of hydrogen-bond acceptors (Lipinski definition) is 7. The van der Waals surface area contributed by atoms with Crippen molar-refractivity contribution in [3.8, 4) is 0 Å². The van der Waals surface area contributed by atoms with Gasteiger partial charge in [-0.15, -0.1) is 0 Å². The van der Waals surface area contributed by atoms with Crippen LogP contribution in [0.4, 0.5) is 0 Å². The second-order valence-corrected chi connectivity index (χ2v) is 9.37. The second kappa shape index (κ2) is 7.51. The first-order valence-corrected chi connectivity index (χ1v) is 11.2. The van der Waals surface area contributed by atoms with Crippen LogP contribution >= 0.6 is 11.3 Å². The fourth-order valence-corrected chi connectivity index (χ4v) is 6.11. The maximum Gasteiger partial charge on any atom is 0.308 e. The van der Waals surface area contributed by atoms with E-state index < -0.39 is 11.7 Å². The molecule has 1 saturated heterocycles. The minimum atomic E-state index is -1.19. The van der Waals surface area contributed by atoms with Crippen molar-refractivity contribution in [3.63, 3.8) is 0 Å². The van der Waals surface area contributed by atoms with Crippen LogP contribution < -0.4 is 4.87 Å². The van der Waals surface area contributed by atoms with E-state index in [0.29, 0.717) is 62.1 Å². The molecular weight excluding hydrogens is 406 g/mol. The summed E-state index contributed by atoms with van der Waals surface area (Å²) >= 11 is 1.12. The fourth-order valence-electron chi connectivity index (χ4n) is 5.14. The summed E-state index contributed by atoms with van der Waals surface area (Å²) in [4.78, 5) is 51.4. The summed E-state index contributed by atoms with van der Waals surface area (Å²) in [5.74, 6) is -2.40. The van der Waals surface area contributed by atoms with Crippen LogP contribution in [0.5, 0.6) is 0 Å². The first kappa shape index (κ1) is 19.8. The molecule has 2 bridgehead atoms. The van der Waals surface area contributed by atoms with Gasteiger partial charge in [-0.1, -0.05) is 11.3 Å². The number of benzene rings is 1. The normalized spacial score (nSPS) is 26.8. The molecule has 2 heterocycles. The third-order valence-corrected chi connectivity index (χ3v) is 7.64. The highest BCUT2D eigenvalue weighted by molar-refractivity contribution is 7.16. The zero-order valence-electron chi connectivity index (χ0n) is 16.7. The summed E-state index contributed by atoms with van der Waals surface area (Å²) in [6.07, 6.45) is 2.20. The summed E-state index contributed by atoms with van der Waals surface area (Å²) in [7, 11) is 0. The van der Waals surface area contributed by atoms with Crippen LogP contribution in [0.15, 0.2) is 16.9 Å². The van der Waals surface area contributed by atoms with Gasteiger partial charge in [0.2, 0.25) is 0 Å². The third-order valence-electron chi connectivity index (χ3n) is 6.69. The number of nitrogens with zero attached hydrogens (tertiary/aromatic N) is 1. The Hall–Kier alpha value is -2.16. The Balaban J connectivity index is 1.50. The number of ether oxygens (including phenoxy) is 2. The van der Waals surface area contributed by atoms with E-state index in [4.69, 9.17) is 9.47 Å². The predicted molar refractivity (Wildman–Crippen MR) is 110 cm³/mol. The van der Waals surface area contributed by atoms with E-state index in [-0.39, 0.29) is 34.6 Å². The Kier molecular flexibility index (Phi) is 4.95. The third kappa shape index (κ3) is 3.09. The Bertz CT molecular complexity index is 1090. The molecule has 158 valence electrons. The van der Waals surface area contributed by atoms with Gasteiger partial charge < -0.3 is 9.47 Å². The van der Waals surface area contributed by atoms with Crippen LogP contribution in [-0.4, -0.2) is 41.4 Å². The zero-order valence-corrected chi connectivity index (χ0v) is 17.5. The molecule has 2 atom stereocenters. The Labute approximate surface area is 177 Å². The van der Waals surface area contributed by atoms with E-state index in [0.717, 1.165) is 16.0 Å². The first-order chi connectivity index (χ1) is 14.5. The lowest BCUT2D eigenvalue weighted by Gasteiger charge is -2.24. The topological polar surface area (TPSA) is 91.7 Å². The van der Waals surface area contributed by atoms with Gasteiger partial charge in [-0.3, -0.25) is 23.7 Å². The van der Waals surface area contributed by atoms with Crippen molar-refractivity contribution in [2.45, 2.75) is 45.4 Å². The summed E-state index contributed by atoms with van der Waals surface area (Å²) in [5.41, 5.74) is 1.69. The number of carbonyl (C=O) groups is 3. The molecule has 7 nitrogen and oxygen atoms in total. The summed E-state index contributed by atoms with van der Waals surface area (Å²) in [6, 6.07) is 3.40. The van der Waals surface area contributed by atoms with Crippen molar-refractivity contribution < 1.29 is 23.9 Å². The van der Waals surface area contributed by atoms with Crippen molar-refractivity contribution in [1.82, 2.24) is 4.57 Å². The molecule has 2 aliphatic carbocycles. The average Bonchev–Trinajstić information content (AvgIpc) is 3.45. The highest BCUT2D eigenvalue weighted by Crippen LogP contribution is 2.41. The smallest absolute Gasteiger partial charge is 0.308 e. The van der Waals surface area contributed by atoms with Crippen molar-refractivity contribution in [2.24, 2.45) is 17.8 Å². The van der Waals surface area contributed by atoms with E-state index in [2.05, 4.69) is 0 Å². The SMILES string of the molecule is Cc1c(C(=O)C2C(=O)C3CCC(C3)C2=O)ccc2sc(=O)n(CCC3OCCO3)c12. The number of fused-ring (bicyclic) bond motifs is 3. The highest BCUT2D eigenvalue weighted by Gasteiger charge is 2.50. The van der Waals surface area contributed by atoms with E-state index in [9.17, 15) is 19.2 Å². The van der Waals surface area contributed by atoms with Crippen LogP contribution in [0.3, 0.4) is 0 Å². The molecule has 3 fully saturated rings. The van der Waals surface area contributed by atoms with Crippen LogP contribution in [-0.2, 0) is 25.6 Å². The van der Waals surface area contributed by atoms with E-state index in [1.807, 2.05) is 0 Å². The number of rotatable bonds is 5. The van der Waals surface area contributed by atoms with Crippen LogP contribution in [0.1, 0.15) is 41.6 Å². The number of thiazole rings is 1. The first-order valence-electron chi connectivity index (χ1n) is 10.4. The van der Waals surface area contributed by atoms with E-state index in [1.165, 1.54) is 0 Å². The van der Waals surface area contributed by atoms with Gasteiger partial charge in [0, 0.05) is 30.4 Å². The Morgan fingerprint density at radius 3 is 2.43 bits per heavy atom. The van der Waals surface area contributed by atoms with Crippen molar-refractivity contribution >= 4 is 38.9 Å². The molecule has 0 radical (unpaired) electrons. The number of carbonyl (C=O) groups excluding carboxylic acids is 3. The van der Waals surface area contributed by atoms with Crippen LogP contribution in [0.25, 0.3) is 10.2 Å². The van der Waals surface area contributed by atoms with Gasteiger partial charge in [0.15, 0.2) is 23.6 Å². The summed E-state index contributed by atoms with van der Waals surface area (Å²) in [5, 5.41) is 0. The summed E-state index contributed by atoms with van der Waals surface area (Å²) < 4.78 is 13.3. The number of aromatic nitrogens is 1. The van der Waals surface area contributed by atoms with Crippen molar-refractivity contribution in [2.75, 3.05) is 13.2 Å². The van der Waals surface area contributed by atoms with Gasteiger partial charge in [0.1, 0.15) is 5.92 Å². The monoisotopic (exact) mass is 429 g/mol. The van der Waals surface area contributed by atoms with Crippen LogP contribution in [0.2, 0.25) is 0 Å². The minimum absolute atomic E-state index is 0.112. The van der Waals surface area contributed by atoms with Crippen molar-refractivity contribution in [3.05, 3.63) is 32.9 Å². The largest absolute Gasteiger partial charge is 0.350 e. The molecular formula is C22H23NO6S. The number of ketones is 3. The maximum absolute atomic E-state index is 13.3. The lowest BCUT2D eigenvalue weighted by molar-refractivity contribution is -0.137. The standard InChI is InChI=1S/C22H23NO6S/c1-11-14(21(26)17-19(24)12-2-3-13(10-12)20(17)25)4-5-15-18(11)23(22(27)30-15)7-6-16-28-8-9-29-16/h4-5,12-13,16-17H,2-3,6-10H2,1H3. The maximum atomic E-state index is 13.3. The zero-order chi connectivity index (χ0) is 21.0. The number of aryl methyl sites for hydroxylation is 2. The molecule has 2 saturated carbocycles. The number of Topliss-reactive ketones (excluding diaryl/α,β-unsaturated/α-hetero) is 3. The Morgan fingerprint density at radius 1 is 1.10 bits per heavy atom. The molecule has 8 heteroatoms. The lowest BCUT2D eigenvalue weighted by atomic mass is 9.75.